The molecule has 2 nitrogen and oxygen atoms in total. The lowest BCUT2D eigenvalue weighted by Gasteiger charge is -2.34. The highest BCUT2D eigenvalue weighted by atomic mass is 35.5. The van der Waals surface area contributed by atoms with Gasteiger partial charge in [0.15, 0.2) is 0 Å². The smallest absolute Gasteiger partial charge is 0.120 e. The Morgan fingerprint density at radius 1 is 1.35 bits per heavy atom. The van der Waals surface area contributed by atoms with Gasteiger partial charge in [0.25, 0.3) is 0 Å². The lowest BCUT2D eigenvalue weighted by molar-refractivity contribution is 0.144. The highest BCUT2D eigenvalue weighted by Gasteiger charge is 2.32. The molecule has 0 aliphatic carbocycles. The van der Waals surface area contributed by atoms with Crippen LogP contribution >= 0.6 is 11.6 Å². The van der Waals surface area contributed by atoms with E-state index in [0.717, 1.165) is 0 Å². The quantitative estimate of drug-likeness (QED) is 0.800. The van der Waals surface area contributed by atoms with Crippen molar-refractivity contribution < 1.29 is 9.84 Å². The van der Waals surface area contributed by atoms with Gasteiger partial charge in [0.05, 0.1) is 8.07 Å². The summed E-state index contributed by atoms with van der Waals surface area (Å²) in [7, 11) is -1.50. The maximum Gasteiger partial charge on any atom is 0.120 e. The van der Waals surface area contributed by atoms with Crippen molar-refractivity contribution >= 4 is 19.7 Å². The zero-order valence-corrected chi connectivity index (χ0v) is 14.7. The first-order valence-electron chi connectivity index (χ1n) is 6.87. The predicted octanol–water partition coefficient (Wildman–Crippen LogP) is 4.68. The molecule has 0 spiro atoms. The molecule has 1 aromatic rings. The van der Waals surface area contributed by atoms with Crippen LogP contribution in [0.2, 0.25) is 23.2 Å². The van der Waals surface area contributed by atoms with Crippen molar-refractivity contribution in [2.45, 2.75) is 45.0 Å². The molecule has 1 atom stereocenters. The Morgan fingerprint density at radius 3 is 2.55 bits per heavy atom. The number of hydrogen-bond acceptors (Lipinski definition) is 2. The summed E-state index contributed by atoms with van der Waals surface area (Å²) in [6, 6.07) is 7.19. The summed E-state index contributed by atoms with van der Waals surface area (Å²) in [5.41, 5.74) is 2.19. The van der Waals surface area contributed by atoms with Gasteiger partial charge in [-0.1, -0.05) is 63.3 Å². The number of aliphatic hydroxyl groups is 1. The van der Waals surface area contributed by atoms with Crippen molar-refractivity contribution in [3.8, 4) is 5.75 Å². The number of ether oxygens (including phenoxy) is 1. The van der Waals surface area contributed by atoms with E-state index in [0.29, 0.717) is 10.8 Å². The Hall–Kier alpha value is -0.773. The van der Waals surface area contributed by atoms with Crippen molar-refractivity contribution in [1.29, 1.82) is 0 Å². The average molecular weight is 313 g/mol. The van der Waals surface area contributed by atoms with E-state index >= 15 is 0 Å². The van der Waals surface area contributed by atoms with E-state index < -0.39 is 14.2 Å². The number of aliphatic hydroxyl groups excluding tert-OH is 1. The molecule has 1 rings (SSSR count). The first-order chi connectivity index (χ1) is 9.12. The first kappa shape index (κ1) is 17.3. The standard InChI is InChI=1S/C16H25ClO2Si/c1-16(2,3)20(4,5)10-9-14(18)12-19-15-8-6-7-13(17)11-15/h6-11,14,18H,12H2,1-5H3/b10-9+. The second-order valence-corrected chi connectivity index (χ2v) is 12.4. The first-order valence-corrected chi connectivity index (χ1v) is 10.3. The van der Waals surface area contributed by atoms with Gasteiger partial charge >= 0.3 is 0 Å². The molecule has 0 aromatic heterocycles. The summed E-state index contributed by atoms with van der Waals surface area (Å²) < 4.78 is 5.53. The van der Waals surface area contributed by atoms with E-state index in [1.165, 1.54) is 0 Å². The zero-order chi connectivity index (χ0) is 15.4. The lowest BCUT2D eigenvalue weighted by atomic mass is 10.2. The SMILES string of the molecule is CC(C)(C)[Si](C)(C)/C=C/C(O)COc1cccc(Cl)c1. The van der Waals surface area contributed by atoms with E-state index in [1.54, 1.807) is 12.1 Å². The van der Waals surface area contributed by atoms with Crippen LogP contribution < -0.4 is 4.74 Å². The summed E-state index contributed by atoms with van der Waals surface area (Å²) in [5, 5.41) is 10.9. The highest BCUT2D eigenvalue weighted by Crippen LogP contribution is 2.36. The van der Waals surface area contributed by atoms with Gasteiger partial charge < -0.3 is 9.84 Å². The second-order valence-electron chi connectivity index (χ2n) is 6.67. The van der Waals surface area contributed by atoms with E-state index in [1.807, 2.05) is 18.2 Å². The normalized spacial score (nSPS) is 14.6. The Labute approximate surface area is 128 Å². The summed E-state index contributed by atoms with van der Waals surface area (Å²) in [6.45, 7) is 11.6. The largest absolute Gasteiger partial charge is 0.491 e. The minimum atomic E-state index is -1.50. The van der Waals surface area contributed by atoms with Crippen LogP contribution in [0.4, 0.5) is 0 Å². The maximum absolute atomic E-state index is 9.99. The van der Waals surface area contributed by atoms with Gasteiger partial charge in [-0.15, -0.1) is 0 Å². The Balaban J connectivity index is 2.54. The molecule has 0 radical (unpaired) electrons. The van der Waals surface area contributed by atoms with Crippen LogP contribution in [0.3, 0.4) is 0 Å². The molecular formula is C16H25ClO2Si. The molecule has 1 N–H and O–H groups in total. The van der Waals surface area contributed by atoms with Crippen molar-refractivity contribution in [3.05, 3.63) is 41.1 Å². The molecular weight excluding hydrogens is 288 g/mol. The molecule has 0 fully saturated rings. The van der Waals surface area contributed by atoms with E-state index in [9.17, 15) is 5.11 Å². The van der Waals surface area contributed by atoms with Crippen LogP contribution in [0.15, 0.2) is 36.0 Å². The van der Waals surface area contributed by atoms with Gasteiger partial charge in [-0.2, -0.15) is 0 Å². The van der Waals surface area contributed by atoms with E-state index in [2.05, 4.69) is 39.6 Å². The molecule has 4 heteroatoms. The monoisotopic (exact) mass is 312 g/mol. The van der Waals surface area contributed by atoms with Crippen molar-refractivity contribution in [2.75, 3.05) is 6.61 Å². The van der Waals surface area contributed by atoms with E-state index in [-0.39, 0.29) is 11.6 Å². The highest BCUT2D eigenvalue weighted by molar-refractivity contribution is 6.84. The van der Waals surface area contributed by atoms with Gasteiger partial charge in [-0.05, 0) is 23.2 Å². The molecule has 0 bridgehead atoms. The van der Waals surface area contributed by atoms with Gasteiger partial charge in [-0.3, -0.25) is 0 Å². The van der Waals surface area contributed by atoms with Gasteiger partial charge in [0.1, 0.15) is 18.5 Å². The molecule has 1 aromatic carbocycles. The third-order valence-electron chi connectivity index (χ3n) is 3.88. The third kappa shape index (κ3) is 5.31. The molecule has 0 saturated heterocycles. The maximum atomic E-state index is 9.99. The molecule has 0 heterocycles. The van der Waals surface area contributed by atoms with Crippen LogP contribution in [0.25, 0.3) is 0 Å². The fourth-order valence-corrected chi connectivity index (χ4v) is 2.78. The topological polar surface area (TPSA) is 29.5 Å². The summed E-state index contributed by atoms with van der Waals surface area (Å²) >= 11 is 5.88. The Bertz CT molecular complexity index is 464. The lowest BCUT2D eigenvalue weighted by Crippen LogP contribution is -2.35. The van der Waals surface area contributed by atoms with Crippen LogP contribution in [-0.4, -0.2) is 25.9 Å². The fraction of sp³-hybridized carbons (Fsp3) is 0.500. The molecule has 0 aliphatic heterocycles. The van der Waals surface area contributed by atoms with Gasteiger partial charge in [-0.25, -0.2) is 0 Å². The minimum Gasteiger partial charge on any atom is -0.491 e. The molecule has 0 saturated carbocycles. The van der Waals surface area contributed by atoms with Crippen molar-refractivity contribution in [3.63, 3.8) is 0 Å². The van der Waals surface area contributed by atoms with Gasteiger partial charge in [0, 0.05) is 5.02 Å². The van der Waals surface area contributed by atoms with Gasteiger partial charge in [0.2, 0.25) is 0 Å². The molecule has 0 aliphatic rings. The summed E-state index contributed by atoms with van der Waals surface area (Å²) in [6.07, 6.45) is 1.27. The van der Waals surface area contributed by atoms with Crippen molar-refractivity contribution in [2.24, 2.45) is 0 Å². The Kier molecular flexibility index (Phi) is 5.87. The summed E-state index contributed by atoms with van der Waals surface area (Å²) in [4.78, 5) is 0. The molecule has 20 heavy (non-hydrogen) atoms. The third-order valence-corrected chi connectivity index (χ3v) is 9.01. The number of rotatable bonds is 5. The number of halogens is 1. The van der Waals surface area contributed by atoms with Crippen LogP contribution in [0.1, 0.15) is 20.8 Å². The fourth-order valence-electron chi connectivity index (χ4n) is 1.40. The molecule has 1 unspecified atom stereocenters. The number of hydrogen-bond donors (Lipinski definition) is 1. The van der Waals surface area contributed by atoms with Crippen molar-refractivity contribution in [1.82, 2.24) is 0 Å². The van der Waals surface area contributed by atoms with Crippen LogP contribution in [0, 0.1) is 0 Å². The van der Waals surface area contributed by atoms with Crippen LogP contribution in [-0.2, 0) is 0 Å². The minimum absolute atomic E-state index is 0.242. The summed E-state index contributed by atoms with van der Waals surface area (Å²) in [5.74, 6) is 0.678. The Morgan fingerprint density at radius 2 is 2.00 bits per heavy atom. The second kappa shape index (κ2) is 6.79. The average Bonchev–Trinajstić information content (AvgIpc) is 2.33. The van der Waals surface area contributed by atoms with E-state index in [4.69, 9.17) is 16.3 Å². The molecule has 0 amide bonds. The zero-order valence-electron chi connectivity index (χ0n) is 13.0. The molecule has 112 valence electrons. The predicted molar refractivity (Wildman–Crippen MR) is 89.3 cm³/mol. The number of benzene rings is 1. The van der Waals surface area contributed by atoms with Crippen LogP contribution in [0.5, 0.6) is 5.75 Å².